The Morgan fingerprint density at radius 1 is 1.22 bits per heavy atom. The van der Waals surface area contributed by atoms with Gasteiger partial charge in [0.2, 0.25) is 0 Å². The zero-order valence-corrected chi connectivity index (χ0v) is 15.9. The predicted octanol–water partition coefficient (Wildman–Crippen LogP) is 4.13. The maximum absolute atomic E-state index is 13.9. The summed E-state index contributed by atoms with van der Waals surface area (Å²) in [4.78, 5) is 11.6. The van der Waals surface area contributed by atoms with Gasteiger partial charge in [0, 0.05) is 54.0 Å². The molecule has 27 heavy (non-hydrogen) atoms. The van der Waals surface area contributed by atoms with Gasteiger partial charge in [-0.25, -0.2) is 14.4 Å². The lowest BCUT2D eigenvalue weighted by Crippen LogP contribution is -2.31. The SMILES string of the molecule is CC(C)(C)c1ncc2c(n1)CCN(Cc1cc(-c3ccccc3F)no1)C2. The topological polar surface area (TPSA) is 55.1 Å². The molecule has 0 unspecified atom stereocenters. The second-order valence-electron chi connectivity index (χ2n) is 8.03. The Labute approximate surface area is 158 Å². The molecule has 0 atom stereocenters. The molecule has 0 aliphatic carbocycles. The molecular weight excluding hydrogens is 343 g/mol. The minimum atomic E-state index is -0.295. The molecule has 6 heteroatoms. The van der Waals surface area contributed by atoms with Crippen molar-refractivity contribution in [2.24, 2.45) is 0 Å². The maximum atomic E-state index is 13.9. The van der Waals surface area contributed by atoms with Gasteiger partial charge in [0.05, 0.1) is 6.54 Å². The van der Waals surface area contributed by atoms with Crippen molar-refractivity contribution in [2.45, 2.75) is 45.7 Å². The molecule has 0 saturated carbocycles. The van der Waals surface area contributed by atoms with Crippen molar-refractivity contribution in [3.63, 3.8) is 0 Å². The number of fused-ring (bicyclic) bond motifs is 1. The Morgan fingerprint density at radius 2 is 2.04 bits per heavy atom. The van der Waals surface area contributed by atoms with E-state index in [0.717, 1.165) is 42.4 Å². The van der Waals surface area contributed by atoms with Crippen molar-refractivity contribution >= 4 is 0 Å². The molecule has 0 saturated heterocycles. The van der Waals surface area contributed by atoms with Crippen molar-refractivity contribution in [3.05, 3.63) is 65.2 Å². The van der Waals surface area contributed by atoms with Gasteiger partial charge in [-0.1, -0.05) is 38.1 Å². The van der Waals surface area contributed by atoms with E-state index in [9.17, 15) is 4.39 Å². The van der Waals surface area contributed by atoms with Crippen LogP contribution in [0.25, 0.3) is 11.3 Å². The molecule has 1 aromatic carbocycles. The molecule has 0 amide bonds. The number of hydrogen-bond acceptors (Lipinski definition) is 5. The summed E-state index contributed by atoms with van der Waals surface area (Å²) in [5.74, 6) is 1.32. The normalized spacial score (nSPS) is 15.0. The van der Waals surface area contributed by atoms with Crippen LogP contribution in [0, 0.1) is 5.82 Å². The first-order valence-electron chi connectivity index (χ1n) is 9.18. The minimum Gasteiger partial charge on any atom is -0.359 e. The van der Waals surface area contributed by atoms with Gasteiger partial charge in [-0.2, -0.15) is 0 Å². The molecule has 0 spiro atoms. The molecule has 2 aromatic heterocycles. The van der Waals surface area contributed by atoms with E-state index in [1.54, 1.807) is 18.2 Å². The third kappa shape index (κ3) is 3.76. The highest BCUT2D eigenvalue weighted by Gasteiger charge is 2.23. The largest absolute Gasteiger partial charge is 0.359 e. The molecule has 3 aromatic rings. The summed E-state index contributed by atoms with van der Waals surface area (Å²) >= 11 is 0. The van der Waals surface area contributed by atoms with Gasteiger partial charge < -0.3 is 4.52 Å². The quantitative estimate of drug-likeness (QED) is 0.698. The number of benzene rings is 1. The highest BCUT2D eigenvalue weighted by Crippen LogP contribution is 2.25. The van der Waals surface area contributed by atoms with Gasteiger partial charge in [0.25, 0.3) is 0 Å². The molecule has 140 valence electrons. The van der Waals surface area contributed by atoms with Gasteiger partial charge in [-0.3, -0.25) is 4.90 Å². The number of halogens is 1. The highest BCUT2D eigenvalue weighted by atomic mass is 19.1. The summed E-state index contributed by atoms with van der Waals surface area (Å²) in [5.41, 5.74) is 3.23. The maximum Gasteiger partial charge on any atom is 0.151 e. The zero-order chi connectivity index (χ0) is 19.0. The lowest BCUT2D eigenvalue weighted by molar-refractivity contribution is 0.212. The average molecular weight is 366 g/mol. The van der Waals surface area contributed by atoms with Crippen LogP contribution in [0.1, 0.15) is 43.6 Å². The van der Waals surface area contributed by atoms with E-state index in [1.165, 1.54) is 6.07 Å². The van der Waals surface area contributed by atoms with E-state index in [2.05, 4.69) is 35.8 Å². The predicted molar refractivity (Wildman–Crippen MR) is 100 cm³/mol. The van der Waals surface area contributed by atoms with Crippen molar-refractivity contribution in [1.82, 2.24) is 20.0 Å². The van der Waals surface area contributed by atoms with Crippen molar-refractivity contribution in [2.75, 3.05) is 6.54 Å². The number of hydrogen-bond donors (Lipinski definition) is 0. The summed E-state index contributed by atoms with van der Waals surface area (Å²) in [7, 11) is 0. The number of rotatable bonds is 3. The smallest absolute Gasteiger partial charge is 0.151 e. The molecular formula is C21H23FN4O. The van der Waals surface area contributed by atoms with Crippen molar-refractivity contribution in [1.29, 1.82) is 0 Å². The minimum absolute atomic E-state index is 0.0465. The van der Waals surface area contributed by atoms with Gasteiger partial charge in [-0.15, -0.1) is 0 Å². The van der Waals surface area contributed by atoms with Crippen molar-refractivity contribution in [3.8, 4) is 11.3 Å². The van der Waals surface area contributed by atoms with E-state index in [0.29, 0.717) is 17.8 Å². The Hall–Kier alpha value is -2.60. The molecule has 0 radical (unpaired) electrons. The second-order valence-corrected chi connectivity index (χ2v) is 8.03. The van der Waals surface area contributed by atoms with Gasteiger partial charge in [-0.05, 0) is 12.1 Å². The van der Waals surface area contributed by atoms with E-state index >= 15 is 0 Å². The number of nitrogens with zero attached hydrogens (tertiary/aromatic N) is 4. The second kappa shape index (κ2) is 6.85. The Morgan fingerprint density at radius 3 is 2.81 bits per heavy atom. The van der Waals surface area contributed by atoms with Crippen molar-refractivity contribution < 1.29 is 8.91 Å². The molecule has 5 nitrogen and oxygen atoms in total. The van der Waals surface area contributed by atoms with Crippen LogP contribution < -0.4 is 0 Å². The van der Waals surface area contributed by atoms with Gasteiger partial charge in [0.1, 0.15) is 17.3 Å². The molecule has 3 heterocycles. The highest BCUT2D eigenvalue weighted by molar-refractivity contribution is 5.59. The van der Waals surface area contributed by atoms with Gasteiger partial charge in [0.15, 0.2) is 5.76 Å². The Balaban J connectivity index is 1.47. The van der Waals surface area contributed by atoms with Crippen LogP contribution in [0.2, 0.25) is 0 Å². The van der Waals surface area contributed by atoms with E-state index in [-0.39, 0.29) is 11.2 Å². The Bertz CT molecular complexity index is 961. The number of aromatic nitrogens is 3. The first-order chi connectivity index (χ1) is 12.9. The fourth-order valence-electron chi connectivity index (χ4n) is 3.27. The monoisotopic (exact) mass is 366 g/mol. The van der Waals surface area contributed by atoms with E-state index in [1.807, 2.05) is 12.3 Å². The van der Waals surface area contributed by atoms with E-state index < -0.39 is 0 Å². The third-order valence-corrected chi connectivity index (χ3v) is 4.77. The molecule has 4 rings (SSSR count). The van der Waals surface area contributed by atoms with Crippen LogP contribution >= 0.6 is 0 Å². The molecule has 0 fully saturated rings. The van der Waals surface area contributed by atoms with Crippen LogP contribution in [0.4, 0.5) is 4.39 Å². The van der Waals surface area contributed by atoms with E-state index in [4.69, 9.17) is 9.51 Å². The van der Waals surface area contributed by atoms with Crippen LogP contribution in [0.3, 0.4) is 0 Å². The molecule has 0 N–H and O–H groups in total. The summed E-state index contributed by atoms with van der Waals surface area (Å²) in [5, 5.41) is 4.03. The first-order valence-corrected chi connectivity index (χ1v) is 9.18. The van der Waals surface area contributed by atoms with Crippen LogP contribution in [-0.2, 0) is 24.9 Å². The summed E-state index contributed by atoms with van der Waals surface area (Å²) in [6.07, 6.45) is 2.83. The molecule has 1 aliphatic rings. The standard InChI is InChI=1S/C21H23FN4O/c1-21(2,3)20-23-11-14-12-26(9-8-18(14)24-20)13-15-10-19(25-27-15)16-6-4-5-7-17(16)22/h4-7,10-11H,8-9,12-13H2,1-3H3. The summed E-state index contributed by atoms with van der Waals surface area (Å²) in [6.45, 7) is 8.67. The third-order valence-electron chi connectivity index (χ3n) is 4.77. The first kappa shape index (κ1) is 17.8. The van der Waals surface area contributed by atoms with Crippen LogP contribution in [-0.4, -0.2) is 26.6 Å². The molecule has 1 aliphatic heterocycles. The summed E-state index contributed by atoms with van der Waals surface area (Å²) < 4.78 is 19.4. The van der Waals surface area contributed by atoms with Gasteiger partial charge >= 0.3 is 0 Å². The lowest BCUT2D eigenvalue weighted by Gasteiger charge is -2.28. The summed E-state index contributed by atoms with van der Waals surface area (Å²) in [6, 6.07) is 8.40. The lowest BCUT2D eigenvalue weighted by atomic mass is 9.95. The molecule has 0 bridgehead atoms. The fourth-order valence-corrected chi connectivity index (χ4v) is 3.27. The van der Waals surface area contributed by atoms with Crippen LogP contribution in [0.15, 0.2) is 41.1 Å². The average Bonchev–Trinajstić information content (AvgIpc) is 3.09. The zero-order valence-electron chi connectivity index (χ0n) is 15.9. The fraction of sp³-hybridized carbons (Fsp3) is 0.381. The van der Waals surface area contributed by atoms with Crippen LogP contribution in [0.5, 0.6) is 0 Å². The Kier molecular flexibility index (Phi) is 4.52.